The Morgan fingerprint density at radius 3 is 2.83 bits per heavy atom. The first-order valence-corrected chi connectivity index (χ1v) is 5.69. The predicted molar refractivity (Wildman–Crippen MR) is 65.6 cm³/mol. The molecule has 1 aromatic carbocycles. The second-order valence-electron chi connectivity index (χ2n) is 4.32. The number of benzene rings is 1. The predicted octanol–water partition coefficient (Wildman–Crippen LogP) is 2.14. The number of para-hydroxylation sites is 1. The van der Waals surface area contributed by atoms with Gasteiger partial charge in [0.05, 0.1) is 5.56 Å². The molecule has 0 saturated heterocycles. The van der Waals surface area contributed by atoms with Gasteiger partial charge in [0, 0.05) is 6.08 Å². The quantitative estimate of drug-likeness (QED) is 0.592. The van der Waals surface area contributed by atoms with Crippen LogP contribution in [-0.4, -0.2) is 24.5 Å². The van der Waals surface area contributed by atoms with Crippen molar-refractivity contribution in [1.82, 2.24) is 0 Å². The van der Waals surface area contributed by atoms with Crippen LogP contribution in [0.3, 0.4) is 0 Å². The summed E-state index contributed by atoms with van der Waals surface area (Å²) in [7, 11) is 0. The molecule has 1 aliphatic heterocycles. The van der Waals surface area contributed by atoms with Gasteiger partial charge >= 0.3 is 5.97 Å². The molecular weight excluding hydrogens is 232 g/mol. The van der Waals surface area contributed by atoms with Gasteiger partial charge in [0.25, 0.3) is 0 Å². The third-order valence-corrected chi connectivity index (χ3v) is 2.50. The van der Waals surface area contributed by atoms with E-state index in [-0.39, 0.29) is 12.4 Å². The topological polar surface area (TPSA) is 52.6 Å². The fourth-order valence-corrected chi connectivity index (χ4v) is 1.71. The third-order valence-electron chi connectivity index (χ3n) is 2.50. The molecule has 4 heteroatoms. The zero-order valence-corrected chi connectivity index (χ0v) is 10.3. The van der Waals surface area contributed by atoms with E-state index in [1.54, 1.807) is 38.1 Å². The summed E-state index contributed by atoms with van der Waals surface area (Å²) in [5.74, 6) is -0.194. The van der Waals surface area contributed by atoms with Gasteiger partial charge in [0.1, 0.15) is 12.4 Å². The molecule has 0 saturated carbocycles. The Bertz CT molecular complexity index is 512. The standard InChI is InChI=1S/C14H14O4/c1-9(2)7-13(15)18-12-8-17-11-6-4-3-5-10(11)14(12)16/h3-7,12H,8H2,1-2H3. The van der Waals surface area contributed by atoms with Crippen LogP contribution in [0.15, 0.2) is 35.9 Å². The number of esters is 1. The van der Waals surface area contributed by atoms with Gasteiger partial charge in [0.15, 0.2) is 6.10 Å². The molecule has 0 bridgehead atoms. The number of hydrogen-bond donors (Lipinski definition) is 0. The minimum Gasteiger partial charge on any atom is -0.488 e. The number of fused-ring (bicyclic) bond motifs is 1. The number of carbonyl (C=O) groups excluding carboxylic acids is 2. The van der Waals surface area contributed by atoms with E-state index in [2.05, 4.69) is 0 Å². The molecule has 1 heterocycles. The average molecular weight is 246 g/mol. The third kappa shape index (κ3) is 2.59. The zero-order valence-electron chi connectivity index (χ0n) is 10.3. The van der Waals surface area contributed by atoms with Crippen LogP contribution in [0.5, 0.6) is 5.75 Å². The van der Waals surface area contributed by atoms with E-state index < -0.39 is 12.1 Å². The second kappa shape index (κ2) is 5.04. The molecule has 0 fully saturated rings. The first-order chi connectivity index (χ1) is 8.58. The van der Waals surface area contributed by atoms with Crippen molar-refractivity contribution in [3.05, 3.63) is 41.5 Å². The molecule has 0 aliphatic carbocycles. The monoisotopic (exact) mass is 246 g/mol. The van der Waals surface area contributed by atoms with Gasteiger partial charge < -0.3 is 9.47 Å². The number of carbonyl (C=O) groups is 2. The van der Waals surface area contributed by atoms with Crippen LogP contribution >= 0.6 is 0 Å². The highest BCUT2D eigenvalue weighted by molar-refractivity contribution is 6.04. The normalized spacial score (nSPS) is 17.4. The lowest BCUT2D eigenvalue weighted by atomic mass is 10.0. The van der Waals surface area contributed by atoms with E-state index in [1.165, 1.54) is 6.08 Å². The molecule has 0 spiro atoms. The first-order valence-electron chi connectivity index (χ1n) is 5.69. The van der Waals surface area contributed by atoms with Crippen molar-refractivity contribution in [3.63, 3.8) is 0 Å². The summed E-state index contributed by atoms with van der Waals surface area (Å²) in [6.07, 6.45) is 0.497. The van der Waals surface area contributed by atoms with Gasteiger partial charge in [0.2, 0.25) is 5.78 Å². The lowest BCUT2D eigenvalue weighted by molar-refractivity contribution is -0.142. The number of ether oxygens (including phenoxy) is 2. The van der Waals surface area contributed by atoms with Gasteiger partial charge in [-0.2, -0.15) is 0 Å². The van der Waals surface area contributed by atoms with E-state index in [9.17, 15) is 9.59 Å². The van der Waals surface area contributed by atoms with Gasteiger partial charge in [-0.15, -0.1) is 0 Å². The van der Waals surface area contributed by atoms with Crippen molar-refractivity contribution in [1.29, 1.82) is 0 Å². The molecule has 94 valence electrons. The lowest BCUT2D eigenvalue weighted by Crippen LogP contribution is -2.36. The van der Waals surface area contributed by atoms with Gasteiger partial charge in [-0.3, -0.25) is 4.79 Å². The van der Waals surface area contributed by atoms with E-state index in [0.717, 1.165) is 5.57 Å². The summed E-state index contributed by atoms with van der Waals surface area (Å²) in [5.41, 5.74) is 1.28. The van der Waals surface area contributed by atoms with Crippen LogP contribution < -0.4 is 4.74 Å². The molecule has 2 rings (SSSR count). The Kier molecular flexibility index (Phi) is 3.46. The van der Waals surface area contributed by atoms with Crippen LogP contribution in [0.4, 0.5) is 0 Å². The Morgan fingerprint density at radius 2 is 2.11 bits per heavy atom. The van der Waals surface area contributed by atoms with Crippen molar-refractivity contribution >= 4 is 11.8 Å². The Labute approximate surface area is 105 Å². The van der Waals surface area contributed by atoms with E-state index in [0.29, 0.717) is 11.3 Å². The summed E-state index contributed by atoms with van der Waals surface area (Å²) in [5, 5.41) is 0. The molecule has 1 aromatic rings. The van der Waals surface area contributed by atoms with Gasteiger partial charge in [-0.05, 0) is 26.0 Å². The van der Waals surface area contributed by atoms with Crippen molar-refractivity contribution in [3.8, 4) is 5.75 Å². The van der Waals surface area contributed by atoms with E-state index in [4.69, 9.17) is 9.47 Å². The maximum absolute atomic E-state index is 12.1. The molecular formula is C14H14O4. The molecule has 0 N–H and O–H groups in total. The first kappa shape index (κ1) is 12.4. The highest BCUT2D eigenvalue weighted by atomic mass is 16.6. The van der Waals surface area contributed by atoms with Crippen molar-refractivity contribution in [2.45, 2.75) is 20.0 Å². The molecule has 0 amide bonds. The smallest absolute Gasteiger partial charge is 0.331 e. The molecule has 1 atom stereocenters. The molecule has 0 radical (unpaired) electrons. The van der Waals surface area contributed by atoms with Crippen molar-refractivity contribution in [2.75, 3.05) is 6.61 Å². The minimum absolute atomic E-state index is 0.0676. The van der Waals surface area contributed by atoms with Crippen LogP contribution in [0, 0.1) is 0 Å². The Morgan fingerprint density at radius 1 is 1.39 bits per heavy atom. The van der Waals surface area contributed by atoms with E-state index >= 15 is 0 Å². The zero-order chi connectivity index (χ0) is 13.1. The van der Waals surface area contributed by atoms with Crippen LogP contribution in [0.1, 0.15) is 24.2 Å². The number of Topliss-reactive ketones (excluding diaryl/α,β-unsaturated/α-hetero) is 1. The van der Waals surface area contributed by atoms with Crippen LogP contribution in [0.25, 0.3) is 0 Å². The SMILES string of the molecule is CC(C)=CC(=O)OC1COc2ccccc2C1=O. The van der Waals surface area contributed by atoms with E-state index in [1.807, 2.05) is 0 Å². The summed E-state index contributed by atoms with van der Waals surface area (Å²) in [4.78, 5) is 23.5. The fraction of sp³-hybridized carbons (Fsp3) is 0.286. The molecule has 1 aliphatic rings. The maximum atomic E-state index is 12.1. The van der Waals surface area contributed by atoms with Crippen LogP contribution in [-0.2, 0) is 9.53 Å². The largest absolute Gasteiger partial charge is 0.488 e. The van der Waals surface area contributed by atoms with Gasteiger partial charge in [-0.25, -0.2) is 4.79 Å². The summed E-state index contributed by atoms with van der Waals surface area (Å²) in [6, 6.07) is 6.93. The molecule has 4 nitrogen and oxygen atoms in total. The highest BCUT2D eigenvalue weighted by Crippen LogP contribution is 2.25. The Balaban J connectivity index is 2.13. The number of allylic oxidation sites excluding steroid dienone is 1. The van der Waals surface area contributed by atoms with Gasteiger partial charge in [-0.1, -0.05) is 17.7 Å². The number of rotatable bonds is 2. The minimum atomic E-state index is -0.858. The molecule has 1 unspecified atom stereocenters. The van der Waals surface area contributed by atoms with Crippen molar-refractivity contribution < 1.29 is 19.1 Å². The fourth-order valence-electron chi connectivity index (χ4n) is 1.71. The summed E-state index contributed by atoms with van der Waals surface area (Å²) in [6.45, 7) is 3.64. The maximum Gasteiger partial charge on any atom is 0.331 e. The molecule has 0 aromatic heterocycles. The van der Waals surface area contributed by atoms with Crippen molar-refractivity contribution in [2.24, 2.45) is 0 Å². The Hall–Kier alpha value is -2.10. The molecule has 18 heavy (non-hydrogen) atoms. The number of ketones is 1. The van der Waals surface area contributed by atoms with Crippen LogP contribution in [0.2, 0.25) is 0 Å². The average Bonchev–Trinajstić information content (AvgIpc) is 2.32. The summed E-state index contributed by atoms with van der Waals surface area (Å²) < 4.78 is 10.5. The second-order valence-corrected chi connectivity index (χ2v) is 4.32. The number of hydrogen-bond acceptors (Lipinski definition) is 4. The summed E-state index contributed by atoms with van der Waals surface area (Å²) >= 11 is 0. The highest BCUT2D eigenvalue weighted by Gasteiger charge is 2.31. The lowest BCUT2D eigenvalue weighted by Gasteiger charge is -2.23.